The second kappa shape index (κ2) is 2.47. The van der Waals surface area contributed by atoms with Crippen LogP contribution in [0.5, 0.6) is 11.5 Å². The zero-order valence-corrected chi connectivity index (χ0v) is 6.06. The smallest absolute Gasteiger partial charge is 0.210 e. The molecule has 1 aromatic carbocycles. The van der Waals surface area contributed by atoms with Crippen molar-refractivity contribution in [2.75, 3.05) is 5.73 Å². The van der Waals surface area contributed by atoms with Crippen LogP contribution >= 0.6 is 11.6 Å². The highest BCUT2D eigenvalue weighted by Gasteiger charge is 2.13. The Kier molecular flexibility index (Phi) is 1.78. The predicted molar refractivity (Wildman–Crippen MR) is 39.2 cm³/mol. The fraction of sp³-hybridized carbons (Fsp3) is 0. The lowest BCUT2D eigenvalue weighted by Gasteiger charge is -2.03. The van der Waals surface area contributed by atoms with Crippen LogP contribution in [0.2, 0.25) is 5.02 Å². The second-order valence-electron chi connectivity index (χ2n) is 1.96. The molecular weight excluding hydrogens is 173 g/mol. The molecule has 11 heavy (non-hydrogen) atoms. The minimum Gasteiger partial charge on any atom is -0.504 e. The monoisotopic (exact) mass is 177 g/mol. The third kappa shape index (κ3) is 1.17. The summed E-state index contributed by atoms with van der Waals surface area (Å²) >= 11 is 5.31. The van der Waals surface area contributed by atoms with Gasteiger partial charge in [-0.25, -0.2) is 0 Å². The van der Waals surface area contributed by atoms with Crippen LogP contribution in [0.3, 0.4) is 0 Å². The third-order valence-electron chi connectivity index (χ3n) is 1.20. The van der Waals surface area contributed by atoms with Crippen molar-refractivity contribution in [3.8, 4) is 11.5 Å². The Balaban J connectivity index is 3.46. The number of phenolic OH excluding ortho intramolecular Hbond substituents is 2. The zero-order valence-electron chi connectivity index (χ0n) is 5.31. The maximum Gasteiger partial charge on any atom is 0.210 e. The van der Waals surface area contributed by atoms with E-state index in [2.05, 4.69) is 0 Å². The van der Waals surface area contributed by atoms with Crippen LogP contribution in [-0.4, -0.2) is 10.2 Å². The van der Waals surface area contributed by atoms with Crippen LogP contribution in [0.4, 0.5) is 10.1 Å². The van der Waals surface area contributed by atoms with E-state index >= 15 is 0 Å². The summed E-state index contributed by atoms with van der Waals surface area (Å²) in [7, 11) is 0. The van der Waals surface area contributed by atoms with Crippen LogP contribution in [0.1, 0.15) is 0 Å². The van der Waals surface area contributed by atoms with Crippen molar-refractivity contribution in [3.05, 3.63) is 16.9 Å². The van der Waals surface area contributed by atoms with Crippen molar-refractivity contribution in [3.63, 3.8) is 0 Å². The molecule has 0 heterocycles. The number of hydrogen-bond acceptors (Lipinski definition) is 3. The molecule has 0 spiro atoms. The normalized spacial score (nSPS) is 10.0. The van der Waals surface area contributed by atoms with E-state index in [1.165, 1.54) is 0 Å². The fourth-order valence-corrected chi connectivity index (χ4v) is 0.817. The van der Waals surface area contributed by atoms with E-state index in [0.717, 1.165) is 6.07 Å². The van der Waals surface area contributed by atoms with Crippen molar-refractivity contribution in [1.82, 2.24) is 0 Å². The molecule has 1 rings (SSSR count). The van der Waals surface area contributed by atoms with E-state index in [1.54, 1.807) is 0 Å². The van der Waals surface area contributed by atoms with E-state index in [9.17, 15) is 4.39 Å². The molecule has 0 radical (unpaired) electrons. The average Bonchev–Trinajstić information content (AvgIpc) is 1.97. The Morgan fingerprint density at radius 3 is 2.45 bits per heavy atom. The average molecular weight is 178 g/mol. The Bertz CT molecular complexity index is 277. The summed E-state index contributed by atoms with van der Waals surface area (Å²) in [5, 5.41) is 17.4. The number of rotatable bonds is 0. The van der Waals surface area contributed by atoms with Gasteiger partial charge in [-0.1, -0.05) is 11.6 Å². The molecule has 0 amide bonds. The number of hydrogen-bond donors (Lipinski definition) is 3. The molecule has 0 unspecified atom stereocenters. The Morgan fingerprint density at radius 1 is 1.36 bits per heavy atom. The number of nitrogens with two attached hydrogens (primary N) is 1. The van der Waals surface area contributed by atoms with Crippen LogP contribution in [0.25, 0.3) is 0 Å². The summed E-state index contributed by atoms with van der Waals surface area (Å²) in [5.41, 5.74) is 4.90. The van der Waals surface area contributed by atoms with E-state index in [0.29, 0.717) is 0 Å². The number of nitrogen functional groups attached to an aromatic ring is 1. The molecule has 0 saturated carbocycles. The van der Waals surface area contributed by atoms with Gasteiger partial charge in [-0.05, 0) is 6.07 Å². The quantitative estimate of drug-likeness (QED) is 0.319. The molecule has 0 saturated heterocycles. The first-order valence-corrected chi connectivity index (χ1v) is 3.07. The summed E-state index contributed by atoms with van der Waals surface area (Å²) in [5.74, 6) is -2.78. The first-order valence-electron chi connectivity index (χ1n) is 2.69. The molecule has 0 fully saturated rings. The lowest BCUT2D eigenvalue weighted by atomic mass is 10.2. The topological polar surface area (TPSA) is 66.5 Å². The van der Waals surface area contributed by atoms with Gasteiger partial charge in [-0.3, -0.25) is 0 Å². The van der Waals surface area contributed by atoms with E-state index in [-0.39, 0.29) is 10.7 Å². The summed E-state index contributed by atoms with van der Waals surface area (Å²) in [6.45, 7) is 0. The number of halogens is 2. The molecule has 60 valence electrons. The van der Waals surface area contributed by atoms with Gasteiger partial charge in [0.05, 0.1) is 10.7 Å². The summed E-state index contributed by atoms with van der Waals surface area (Å²) < 4.78 is 12.6. The Labute approximate surface area is 66.8 Å². The van der Waals surface area contributed by atoms with Crippen LogP contribution < -0.4 is 5.73 Å². The van der Waals surface area contributed by atoms with Gasteiger partial charge in [-0.15, -0.1) is 0 Å². The first kappa shape index (κ1) is 7.94. The van der Waals surface area contributed by atoms with E-state index in [4.69, 9.17) is 27.5 Å². The molecule has 0 aromatic heterocycles. The van der Waals surface area contributed by atoms with Crippen LogP contribution in [0, 0.1) is 5.82 Å². The van der Waals surface area contributed by atoms with Crippen molar-refractivity contribution in [2.24, 2.45) is 0 Å². The highest BCUT2D eigenvalue weighted by Crippen LogP contribution is 2.36. The lowest BCUT2D eigenvalue weighted by Crippen LogP contribution is -1.89. The number of benzene rings is 1. The van der Waals surface area contributed by atoms with E-state index in [1.807, 2.05) is 0 Å². The molecule has 1 aromatic rings. The minimum absolute atomic E-state index is 0.203. The van der Waals surface area contributed by atoms with Crippen molar-refractivity contribution >= 4 is 17.3 Å². The van der Waals surface area contributed by atoms with Gasteiger partial charge < -0.3 is 15.9 Å². The van der Waals surface area contributed by atoms with Gasteiger partial charge in [0.2, 0.25) is 5.82 Å². The minimum atomic E-state index is -1.20. The van der Waals surface area contributed by atoms with Gasteiger partial charge >= 0.3 is 0 Å². The molecule has 4 N–H and O–H groups in total. The van der Waals surface area contributed by atoms with Gasteiger partial charge in [0.15, 0.2) is 11.5 Å². The van der Waals surface area contributed by atoms with Gasteiger partial charge in [0.1, 0.15) is 0 Å². The largest absolute Gasteiger partial charge is 0.504 e. The SMILES string of the molecule is Nc1cc(Cl)c(O)c(F)c1O. The van der Waals surface area contributed by atoms with Gasteiger partial charge in [0.25, 0.3) is 0 Å². The highest BCUT2D eigenvalue weighted by atomic mass is 35.5. The Morgan fingerprint density at radius 2 is 1.91 bits per heavy atom. The lowest BCUT2D eigenvalue weighted by molar-refractivity contribution is 0.391. The molecule has 3 nitrogen and oxygen atoms in total. The number of aromatic hydroxyl groups is 2. The predicted octanol–water partition coefficient (Wildman–Crippen LogP) is 1.47. The highest BCUT2D eigenvalue weighted by molar-refractivity contribution is 6.32. The molecule has 0 aliphatic rings. The van der Waals surface area contributed by atoms with Gasteiger partial charge in [0, 0.05) is 0 Å². The van der Waals surface area contributed by atoms with Gasteiger partial charge in [-0.2, -0.15) is 4.39 Å². The molecule has 0 atom stereocenters. The standard InChI is InChI=1S/C6H5ClFNO2/c7-2-1-3(9)6(11)4(8)5(2)10/h1,10-11H,9H2. The molecular formula is C6H5ClFNO2. The van der Waals surface area contributed by atoms with E-state index < -0.39 is 17.3 Å². The number of anilines is 1. The second-order valence-corrected chi connectivity index (χ2v) is 2.37. The maximum atomic E-state index is 12.6. The van der Waals surface area contributed by atoms with Crippen LogP contribution in [0.15, 0.2) is 6.07 Å². The molecule has 0 aliphatic carbocycles. The number of phenols is 2. The Hall–Kier alpha value is -1.16. The van der Waals surface area contributed by atoms with Crippen molar-refractivity contribution in [2.45, 2.75) is 0 Å². The third-order valence-corrected chi connectivity index (χ3v) is 1.49. The van der Waals surface area contributed by atoms with Crippen molar-refractivity contribution in [1.29, 1.82) is 0 Å². The summed E-state index contributed by atoms with van der Waals surface area (Å²) in [6.07, 6.45) is 0. The molecule has 0 bridgehead atoms. The zero-order chi connectivity index (χ0) is 8.59. The first-order chi connectivity index (χ1) is 5.04. The summed E-state index contributed by atoms with van der Waals surface area (Å²) in [6, 6.07) is 1.06. The molecule has 0 aliphatic heterocycles. The maximum absolute atomic E-state index is 12.6. The summed E-state index contributed by atoms with van der Waals surface area (Å²) in [4.78, 5) is 0. The van der Waals surface area contributed by atoms with Crippen molar-refractivity contribution < 1.29 is 14.6 Å². The fourth-order valence-electron chi connectivity index (χ4n) is 0.617. The molecule has 5 heteroatoms. The van der Waals surface area contributed by atoms with Crippen LogP contribution in [-0.2, 0) is 0 Å².